The van der Waals surface area contributed by atoms with Crippen LogP contribution in [-0.4, -0.2) is 12.1 Å². The van der Waals surface area contributed by atoms with Crippen molar-refractivity contribution in [3.8, 4) is 5.75 Å². The number of methoxy groups -OCH3 is 1. The fraction of sp³-hybridized carbons (Fsp3) is 0.182. The molecule has 1 aromatic carbocycles. The third-order valence-corrected chi connectivity index (χ3v) is 2.31. The minimum absolute atomic E-state index is 0.0826. The van der Waals surface area contributed by atoms with Gasteiger partial charge in [-0.2, -0.15) is 0 Å². The van der Waals surface area contributed by atoms with E-state index >= 15 is 0 Å². The Morgan fingerprint density at radius 1 is 1.21 bits per heavy atom. The topological polar surface area (TPSA) is 42.1 Å². The van der Waals surface area contributed by atoms with Crippen molar-refractivity contribution in [2.24, 2.45) is 0 Å². The third-order valence-electron chi connectivity index (χ3n) is 2.31. The number of hydrogen-bond donors (Lipinski definition) is 1. The highest BCUT2D eigenvalue weighted by molar-refractivity contribution is 5.88. The Morgan fingerprint density at radius 3 is 2.71 bits per heavy atom. The maximum Gasteiger partial charge on any atom is 0.255 e. The van der Waals surface area contributed by atoms with Crippen LogP contribution in [0.1, 0.15) is 5.56 Å². The number of aryl methyl sites for hydroxylation is 1. The molecule has 72 valence electrons. The Kier molecular flexibility index (Phi) is 2.00. The molecule has 0 bridgehead atoms. The van der Waals surface area contributed by atoms with Crippen LogP contribution in [0.15, 0.2) is 29.2 Å². The van der Waals surface area contributed by atoms with Crippen LogP contribution < -0.4 is 10.3 Å². The molecule has 0 saturated carbocycles. The lowest BCUT2D eigenvalue weighted by Gasteiger charge is -2.07. The molecule has 0 amide bonds. The highest BCUT2D eigenvalue weighted by atomic mass is 16.5. The molecule has 0 saturated heterocycles. The number of hydrogen-bond acceptors (Lipinski definition) is 2. The predicted octanol–water partition coefficient (Wildman–Crippen LogP) is 1.85. The lowest BCUT2D eigenvalue weighted by Crippen LogP contribution is -2.05. The highest BCUT2D eigenvalue weighted by Gasteiger charge is 2.06. The summed E-state index contributed by atoms with van der Waals surface area (Å²) in [6.07, 6.45) is 1.63. The molecule has 3 heteroatoms. The molecule has 14 heavy (non-hydrogen) atoms. The van der Waals surface area contributed by atoms with Gasteiger partial charge in [0, 0.05) is 11.6 Å². The Bertz CT molecular complexity index is 528. The maximum absolute atomic E-state index is 11.4. The van der Waals surface area contributed by atoms with Gasteiger partial charge < -0.3 is 9.72 Å². The van der Waals surface area contributed by atoms with Crippen LogP contribution in [0.4, 0.5) is 0 Å². The number of aromatic nitrogens is 1. The second-order valence-electron chi connectivity index (χ2n) is 3.18. The van der Waals surface area contributed by atoms with Crippen LogP contribution in [0.5, 0.6) is 5.75 Å². The zero-order chi connectivity index (χ0) is 10.1. The summed E-state index contributed by atoms with van der Waals surface area (Å²) in [6.45, 7) is 1.96. The SMILES string of the molecule is COc1c(C)ccc2c(=O)[nH]ccc12. The van der Waals surface area contributed by atoms with Gasteiger partial charge >= 0.3 is 0 Å². The number of H-pyrrole nitrogens is 1. The van der Waals surface area contributed by atoms with Crippen LogP contribution in [0.2, 0.25) is 0 Å². The molecule has 1 N–H and O–H groups in total. The molecular weight excluding hydrogens is 178 g/mol. The number of benzene rings is 1. The average Bonchev–Trinajstić information content (AvgIpc) is 2.18. The highest BCUT2D eigenvalue weighted by Crippen LogP contribution is 2.26. The van der Waals surface area contributed by atoms with Crippen LogP contribution in [0.25, 0.3) is 10.8 Å². The smallest absolute Gasteiger partial charge is 0.255 e. The Balaban J connectivity index is 2.95. The van der Waals surface area contributed by atoms with E-state index in [1.807, 2.05) is 25.1 Å². The van der Waals surface area contributed by atoms with E-state index in [0.717, 1.165) is 16.7 Å². The minimum Gasteiger partial charge on any atom is -0.496 e. The molecule has 2 aromatic rings. The normalized spacial score (nSPS) is 10.4. The van der Waals surface area contributed by atoms with Crippen molar-refractivity contribution < 1.29 is 4.74 Å². The maximum atomic E-state index is 11.4. The van der Waals surface area contributed by atoms with Crippen LogP contribution in [0.3, 0.4) is 0 Å². The molecule has 3 nitrogen and oxygen atoms in total. The molecular formula is C11H11NO2. The summed E-state index contributed by atoms with van der Waals surface area (Å²) in [5.41, 5.74) is 0.950. The molecule has 1 aromatic heterocycles. The van der Waals surface area contributed by atoms with Gasteiger partial charge in [-0.05, 0) is 24.6 Å². The fourth-order valence-corrected chi connectivity index (χ4v) is 1.62. The van der Waals surface area contributed by atoms with Gasteiger partial charge in [0.1, 0.15) is 5.75 Å². The van der Waals surface area contributed by atoms with E-state index in [1.54, 1.807) is 13.3 Å². The molecule has 1 heterocycles. The van der Waals surface area contributed by atoms with Gasteiger partial charge in [0.15, 0.2) is 0 Å². The average molecular weight is 189 g/mol. The summed E-state index contributed by atoms with van der Waals surface area (Å²) in [7, 11) is 1.61. The van der Waals surface area contributed by atoms with Crippen LogP contribution in [0, 0.1) is 6.92 Å². The Labute approximate surface area is 81.3 Å². The second-order valence-corrected chi connectivity index (χ2v) is 3.18. The first-order valence-electron chi connectivity index (χ1n) is 4.39. The van der Waals surface area contributed by atoms with Crippen molar-refractivity contribution in [1.29, 1.82) is 0 Å². The summed E-state index contributed by atoms with van der Waals surface area (Å²) in [5, 5.41) is 1.52. The van der Waals surface area contributed by atoms with Gasteiger partial charge in [-0.15, -0.1) is 0 Å². The van der Waals surface area contributed by atoms with E-state index in [0.29, 0.717) is 5.39 Å². The molecule has 0 atom stereocenters. The zero-order valence-electron chi connectivity index (χ0n) is 8.13. The molecule has 0 aliphatic rings. The molecule has 0 aliphatic heterocycles. The summed E-state index contributed by atoms with van der Waals surface area (Å²) in [4.78, 5) is 14.1. The zero-order valence-corrected chi connectivity index (χ0v) is 8.13. The van der Waals surface area contributed by atoms with Crippen molar-refractivity contribution in [3.63, 3.8) is 0 Å². The molecule has 0 unspecified atom stereocenters. The first kappa shape index (κ1) is 8.81. The fourth-order valence-electron chi connectivity index (χ4n) is 1.62. The molecule has 0 fully saturated rings. The number of fused-ring (bicyclic) bond motifs is 1. The quantitative estimate of drug-likeness (QED) is 0.743. The van der Waals surface area contributed by atoms with Gasteiger partial charge in [0.25, 0.3) is 5.56 Å². The first-order valence-corrected chi connectivity index (χ1v) is 4.39. The number of pyridine rings is 1. The number of nitrogens with one attached hydrogen (secondary N) is 1. The van der Waals surface area contributed by atoms with E-state index in [1.165, 1.54) is 0 Å². The lowest BCUT2D eigenvalue weighted by molar-refractivity contribution is 0.417. The van der Waals surface area contributed by atoms with Crippen molar-refractivity contribution in [3.05, 3.63) is 40.3 Å². The van der Waals surface area contributed by atoms with Crippen molar-refractivity contribution in [2.75, 3.05) is 7.11 Å². The molecule has 0 radical (unpaired) electrons. The van der Waals surface area contributed by atoms with Crippen molar-refractivity contribution in [1.82, 2.24) is 4.98 Å². The van der Waals surface area contributed by atoms with Crippen LogP contribution in [-0.2, 0) is 0 Å². The number of aromatic amines is 1. The summed E-state index contributed by atoms with van der Waals surface area (Å²) >= 11 is 0. The largest absolute Gasteiger partial charge is 0.496 e. The number of rotatable bonds is 1. The standard InChI is InChI=1S/C11H11NO2/c1-7-3-4-9-8(10(7)14-2)5-6-12-11(9)13/h3-6H,1-2H3,(H,12,13). The first-order chi connectivity index (χ1) is 6.74. The van der Waals surface area contributed by atoms with E-state index < -0.39 is 0 Å². The van der Waals surface area contributed by atoms with Gasteiger partial charge in [-0.3, -0.25) is 4.79 Å². The van der Waals surface area contributed by atoms with Crippen LogP contribution >= 0.6 is 0 Å². The van der Waals surface area contributed by atoms with E-state index in [9.17, 15) is 4.79 Å². The predicted molar refractivity (Wildman–Crippen MR) is 55.9 cm³/mol. The summed E-state index contributed by atoms with van der Waals surface area (Å²) < 4.78 is 5.26. The summed E-state index contributed by atoms with van der Waals surface area (Å²) in [5.74, 6) is 0.772. The molecule has 0 aliphatic carbocycles. The molecule has 0 spiro atoms. The third kappa shape index (κ3) is 1.18. The van der Waals surface area contributed by atoms with Crippen molar-refractivity contribution in [2.45, 2.75) is 6.92 Å². The Hall–Kier alpha value is -1.77. The van der Waals surface area contributed by atoms with Gasteiger partial charge in [-0.25, -0.2) is 0 Å². The lowest BCUT2D eigenvalue weighted by atomic mass is 10.1. The van der Waals surface area contributed by atoms with Gasteiger partial charge in [0.2, 0.25) is 0 Å². The van der Waals surface area contributed by atoms with Crippen molar-refractivity contribution >= 4 is 10.8 Å². The number of ether oxygens (including phenoxy) is 1. The van der Waals surface area contributed by atoms with Gasteiger partial charge in [-0.1, -0.05) is 6.07 Å². The second kappa shape index (κ2) is 3.18. The van der Waals surface area contributed by atoms with Gasteiger partial charge in [0.05, 0.1) is 12.5 Å². The summed E-state index contributed by atoms with van der Waals surface area (Å²) in [6, 6.07) is 5.55. The minimum atomic E-state index is -0.0826. The molecule has 2 rings (SSSR count). The monoisotopic (exact) mass is 189 g/mol. The Morgan fingerprint density at radius 2 is 2.00 bits per heavy atom. The van der Waals surface area contributed by atoms with E-state index in [2.05, 4.69) is 4.98 Å². The van der Waals surface area contributed by atoms with E-state index in [4.69, 9.17) is 4.74 Å². The van der Waals surface area contributed by atoms with E-state index in [-0.39, 0.29) is 5.56 Å².